The van der Waals surface area contributed by atoms with Crippen LogP contribution in [-0.2, 0) is 9.59 Å². The summed E-state index contributed by atoms with van der Waals surface area (Å²) in [6.07, 6.45) is 1.56. The van der Waals surface area contributed by atoms with Crippen LogP contribution in [0.4, 0.5) is 5.69 Å². The summed E-state index contributed by atoms with van der Waals surface area (Å²) in [5, 5.41) is 13.7. The molecule has 1 aliphatic heterocycles. The van der Waals surface area contributed by atoms with E-state index >= 15 is 0 Å². The number of ether oxygens (including phenoxy) is 1. The lowest BCUT2D eigenvalue weighted by Crippen LogP contribution is -2.28. The highest BCUT2D eigenvalue weighted by atomic mass is 35.5. The lowest BCUT2D eigenvalue weighted by atomic mass is 10.2. The third-order valence-corrected chi connectivity index (χ3v) is 5.08. The molecule has 1 saturated heterocycles. The molecule has 0 spiro atoms. The molecule has 0 aromatic heterocycles. The molecule has 2 amide bonds. The molecule has 1 aliphatic rings. The fraction of sp³-hybridized carbons (Fsp3) is 0.158. The second kappa shape index (κ2) is 9.38. The van der Waals surface area contributed by atoms with E-state index in [9.17, 15) is 9.59 Å². The second-order valence-electron chi connectivity index (χ2n) is 5.75. The highest BCUT2D eigenvalue weighted by Gasteiger charge is 2.32. The van der Waals surface area contributed by atoms with Gasteiger partial charge in [-0.3, -0.25) is 9.59 Å². The summed E-state index contributed by atoms with van der Waals surface area (Å²) >= 11 is 6.99. The van der Waals surface area contributed by atoms with Crippen molar-refractivity contribution < 1.29 is 14.3 Å². The molecule has 9 heteroatoms. The molecule has 2 aromatic carbocycles. The summed E-state index contributed by atoms with van der Waals surface area (Å²) < 4.78 is 5.23. The number of amidine groups is 1. The second-order valence-corrected chi connectivity index (χ2v) is 7.37. The fourth-order valence-corrected chi connectivity index (χ4v) is 3.47. The Bertz CT molecular complexity index is 931. The van der Waals surface area contributed by atoms with Crippen LogP contribution in [0, 0.1) is 0 Å². The Morgan fingerprint density at radius 1 is 1.29 bits per heavy atom. The number of para-hydroxylation sites is 1. The van der Waals surface area contributed by atoms with Gasteiger partial charge in [0.05, 0.1) is 13.3 Å². The first-order valence-corrected chi connectivity index (χ1v) is 9.58. The molecule has 2 aromatic rings. The van der Waals surface area contributed by atoms with Crippen molar-refractivity contribution in [1.29, 1.82) is 0 Å². The molecule has 0 bridgehead atoms. The summed E-state index contributed by atoms with van der Waals surface area (Å²) in [5.41, 5.74) is 1.38. The first kappa shape index (κ1) is 19.9. The van der Waals surface area contributed by atoms with Crippen LogP contribution in [0.15, 0.2) is 58.7 Å². The van der Waals surface area contributed by atoms with Crippen LogP contribution >= 0.6 is 23.4 Å². The number of nitrogens with zero attached hydrogens (tertiary/aromatic N) is 2. The van der Waals surface area contributed by atoms with E-state index in [1.54, 1.807) is 37.6 Å². The molecule has 1 unspecified atom stereocenters. The summed E-state index contributed by atoms with van der Waals surface area (Å²) in [5.74, 6) is 0.127. The van der Waals surface area contributed by atoms with Gasteiger partial charge >= 0.3 is 0 Å². The summed E-state index contributed by atoms with van der Waals surface area (Å²) in [6.45, 7) is 0. The zero-order valence-electron chi connectivity index (χ0n) is 14.9. The van der Waals surface area contributed by atoms with Gasteiger partial charge in [-0.2, -0.15) is 5.10 Å². The van der Waals surface area contributed by atoms with Crippen LogP contribution in [0.5, 0.6) is 5.75 Å². The number of carbonyl (C=O) groups excluding carboxylic acids is 2. The van der Waals surface area contributed by atoms with Gasteiger partial charge in [0.1, 0.15) is 11.0 Å². The zero-order valence-corrected chi connectivity index (χ0v) is 16.5. The van der Waals surface area contributed by atoms with Crippen molar-refractivity contribution in [2.75, 3.05) is 12.4 Å². The van der Waals surface area contributed by atoms with Crippen LogP contribution in [0.3, 0.4) is 0 Å². The Morgan fingerprint density at radius 2 is 2.04 bits per heavy atom. The van der Waals surface area contributed by atoms with Crippen LogP contribution in [-0.4, -0.2) is 35.6 Å². The number of hydrogen-bond donors (Lipinski definition) is 2. The molecular formula is C19H17ClN4O3S. The highest BCUT2D eigenvalue weighted by molar-refractivity contribution is 8.15. The number of anilines is 1. The van der Waals surface area contributed by atoms with Crippen molar-refractivity contribution in [2.45, 2.75) is 11.7 Å². The van der Waals surface area contributed by atoms with E-state index in [1.165, 1.54) is 11.8 Å². The predicted octanol–water partition coefficient (Wildman–Crippen LogP) is 3.30. The van der Waals surface area contributed by atoms with E-state index in [1.807, 2.05) is 24.3 Å². The van der Waals surface area contributed by atoms with Gasteiger partial charge in [-0.25, -0.2) is 0 Å². The topological polar surface area (TPSA) is 92.2 Å². The Morgan fingerprint density at radius 3 is 2.79 bits per heavy atom. The Labute approximate surface area is 171 Å². The number of halogens is 1. The fourth-order valence-electron chi connectivity index (χ4n) is 2.42. The summed E-state index contributed by atoms with van der Waals surface area (Å²) in [4.78, 5) is 24.2. The minimum Gasteiger partial charge on any atom is -0.496 e. The first-order valence-electron chi connectivity index (χ1n) is 8.32. The Hall–Kier alpha value is -2.84. The van der Waals surface area contributed by atoms with Gasteiger partial charge in [0.25, 0.3) is 0 Å². The Kier molecular flexibility index (Phi) is 6.67. The molecule has 1 atom stereocenters. The molecule has 1 fully saturated rings. The molecular weight excluding hydrogens is 400 g/mol. The SMILES string of the molecule is COc1ccccc1/C=N/N=C1/NC(=O)C(CC(=O)Nc2ccc(Cl)cc2)S1. The van der Waals surface area contributed by atoms with Gasteiger partial charge in [-0.1, -0.05) is 35.5 Å². The molecule has 28 heavy (non-hydrogen) atoms. The van der Waals surface area contributed by atoms with Gasteiger partial charge in [-0.15, -0.1) is 5.10 Å². The lowest BCUT2D eigenvalue weighted by molar-refractivity contribution is -0.122. The number of hydrogen-bond acceptors (Lipinski definition) is 6. The van der Waals surface area contributed by atoms with E-state index < -0.39 is 5.25 Å². The highest BCUT2D eigenvalue weighted by Crippen LogP contribution is 2.23. The molecule has 3 rings (SSSR count). The third kappa shape index (κ3) is 5.34. The van der Waals surface area contributed by atoms with Gasteiger partial charge in [0.2, 0.25) is 11.8 Å². The zero-order chi connectivity index (χ0) is 19.9. The summed E-state index contributed by atoms with van der Waals surface area (Å²) in [6, 6.07) is 14.1. The normalized spacial score (nSPS) is 17.7. The number of benzene rings is 2. The standard InChI is InChI=1S/C19H17ClN4O3S/c1-27-15-5-3-2-4-12(15)11-21-24-19-23-18(26)16(28-19)10-17(25)22-14-8-6-13(20)7-9-14/h2-9,11,16H,10H2,1H3,(H,22,25)(H,23,24,26)/b21-11+. The van der Waals surface area contributed by atoms with Crippen molar-refractivity contribution in [2.24, 2.45) is 10.2 Å². The predicted molar refractivity (Wildman–Crippen MR) is 112 cm³/mol. The number of methoxy groups -OCH3 is 1. The number of nitrogens with one attached hydrogen (secondary N) is 2. The maximum absolute atomic E-state index is 12.2. The average Bonchev–Trinajstić information content (AvgIpc) is 3.03. The lowest BCUT2D eigenvalue weighted by Gasteiger charge is -2.07. The van der Waals surface area contributed by atoms with Crippen LogP contribution in [0.25, 0.3) is 0 Å². The van der Waals surface area contributed by atoms with Gasteiger partial charge in [0.15, 0.2) is 5.17 Å². The number of rotatable bonds is 6. The molecule has 2 N–H and O–H groups in total. The van der Waals surface area contributed by atoms with Crippen molar-refractivity contribution in [3.05, 3.63) is 59.1 Å². The van der Waals surface area contributed by atoms with Gasteiger partial charge in [0, 0.05) is 22.7 Å². The monoisotopic (exact) mass is 416 g/mol. The molecule has 7 nitrogen and oxygen atoms in total. The van der Waals surface area contributed by atoms with E-state index in [2.05, 4.69) is 20.8 Å². The molecule has 0 saturated carbocycles. The minimum atomic E-state index is -0.562. The molecule has 1 heterocycles. The quantitative estimate of drug-likeness (QED) is 0.558. The molecule has 0 radical (unpaired) electrons. The van der Waals surface area contributed by atoms with Crippen molar-refractivity contribution in [1.82, 2.24) is 5.32 Å². The average molecular weight is 417 g/mol. The van der Waals surface area contributed by atoms with E-state index in [0.717, 1.165) is 5.56 Å². The van der Waals surface area contributed by atoms with Crippen molar-refractivity contribution in [3.63, 3.8) is 0 Å². The van der Waals surface area contributed by atoms with E-state index in [-0.39, 0.29) is 18.2 Å². The number of carbonyl (C=O) groups is 2. The third-order valence-electron chi connectivity index (χ3n) is 3.76. The maximum atomic E-state index is 12.2. The summed E-state index contributed by atoms with van der Waals surface area (Å²) in [7, 11) is 1.57. The van der Waals surface area contributed by atoms with Gasteiger partial charge < -0.3 is 15.4 Å². The van der Waals surface area contributed by atoms with Crippen molar-refractivity contribution in [3.8, 4) is 5.75 Å². The van der Waals surface area contributed by atoms with E-state index in [4.69, 9.17) is 16.3 Å². The number of thioether (sulfide) groups is 1. The number of amides is 2. The molecule has 0 aliphatic carbocycles. The van der Waals surface area contributed by atoms with Crippen LogP contribution in [0.2, 0.25) is 5.02 Å². The minimum absolute atomic E-state index is 0.0222. The van der Waals surface area contributed by atoms with Crippen molar-refractivity contribution >= 4 is 52.2 Å². The van der Waals surface area contributed by atoms with Crippen LogP contribution < -0.4 is 15.4 Å². The first-order chi connectivity index (χ1) is 13.5. The smallest absolute Gasteiger partial charge is 0.240 e. The van der Waals surface area contributed by atoms with E-state index in [0.29, 0.717) is 21.6 Å². The molecule has 144 valence electrons. The maximum Gasteiger partial charge on any atom is 0.240 e. The van der Waals surface area contributed by atoms with Crippen LogP contribution in [0.1, 0.15) is 12.0 Å². The largest absolute Gasteiger partial charge is 0.496 e. The van der Waals surface area contributed by atoms with Gasteiger partial charge in [-0.05, 0) is 36.4 Å². The Balaban J connectivity index is 1.57.